The highest BCUT2D eigenvalue weighted by Gasteiger charge is 2.34. The van der Waals surface area contributed by atoms with Crippen molar-refractivity contribution in [3.8, 4) is 11.1 Å². The van der Waals surface area contributed by atoms with Crippen LogP contribution >= 0.6 is 0 Å². The highest BCUT2D eigenvalue weighted by atomic mass is 16.2. The molecule has 33 heavy (non-hydrogen) atoms. The van der Waals surface area contributed by atoms with Gasteiger partial charge in [0.2, 0.25) is 0 Å². The number of nitrogens with one attached hydrogen (secondary N) is 1. The summed E-state index contributed by atoms with van der Waals surface area (Å²) in [5.74, 6) is -0.459. The van der Waals surface area contributed by atoms with Crippen LogP contribution in [0.2, 0.25) is 0 Å². The Labute approximate surface area is 192 Å². The molecule has 0 bridgehead atoms. The summed E-state index contributed by atoms with van der Waals surface area (Å²) in [7, 11) is 0. The van der Waals surface area contributed by atoms with E-state index in [0.717, 1.165) is 35.3 Å². The maximum absolute atomic E-state index is 12.6. The summed E-state index contributed by atoms with van der Waals surface area (Å²) < 4.78 is 0. The Morgan fingerprint density at radius 1 is 0.636 bits per heavy atom. The number of carbonyl (C=O) groups is 2. The van der Waals surface area contributed by atoms with Gasteiger partial charge in [-0.3, -0.25) is 19.5 Å². The van der Waals surface area contributed by atoms with Crippen LogP contribution in [0.15, 0.2) is 97.3 Å². The van der Waals surface area contributed by atoms with E-state index in [1.54, 1.807) is 30.5 Å². The van der Waals surface area contributed by atoms with Crippen molar-refractivity contribution in [1.29, 1.82) is 0 Å². The highest BCUT2D eigenvalue weighted by Crippen LogP contribution is 2.25. The number of carbonyl (C=O) groups excluding carboxylic acids is 2. The smallest absolute Gasteiger partial charge is 0.261 e. The molecule has 5 heteroatoms. The topological polar surface area (TPSA) is 62.3 Å². The van der Waals surface area contributed by atoms with Gasteiger partial charge in [-0.1, -0.05) is 66.7 Å². The van der Waals surface area contributed by atoms with Gasteiger partial charge in [0, 0.05) is 25.5 Å². The van der Waals surface area contributed by atoms with Crippen LogP contribution in [-0.4, -0.2) is 21.7 Å². The average Bonchev–Trinajstić information content (AvgIpc) is 3.11. The average molecular weight is 434 g/mol. The molecule has 1 aliphatic heterocycles. The molecule has 0 unspecified atom stereocenters. The number of pyridine rings is 1. The van der Waals surface area contributed by atoms with E-state index in [9.17, 15) is 9.59 Å². The van der Waals surface area contributed by atoms with E-state index in [-0.39, 0.29) is 18.4 Å². The Kier molecular flexibility index (Phi) is 5.79. The standard InChI is InChI=1S/C28H23N3O2/c32-27-25-5-1-2-6-26(25)28(33)31(27)19-21-9-13-24(14-10-21)23-11-7-20(8-12-23)16-30-18-22-4-3-15-29-17-22/h1-15,17,30H,16,18-19H2. The number of hydrogen-bond acceptors (Lipinski definition) is 4. The summed E-state index contributed by atoms with van der Waals surface area (Å²) in [5, 5.41) is 3.43. The minimum atomic E-state index is -0.229. The third kappa shape index (κ3) is 4.45. The molecular weight excluding hydrogens is 410 g/mol. The third-order valence-corrected chi connectivity index (χ3v) is 5.84. The fourth-order valence-electron chi connectivity index (χ4n) is 4.04. The van der Waals surface area contributed by atoms with Crippen LogP contribution in [0.5, 0.6) is 0 Å². The molecule has 2 heterocycles. The normalized spacial score (nSPS) is 12.8. The molecule has 0 fully saturated rings. The van der Waals surface area contributed by atoms with E-state index < -0.39 is 0 Å². The lowest BCUT2D eigenvalue weighted by molar-refractivity contribution is 0.0642. The van der Waals surface area contributed by atoms with E-state index in [0.29, 0.717) is 11.1 Å². The lowest BCUT2D eigenvalue weighted by atomic mass is 10.0. The summed E-state index contributed by atoms with van der Waals surface area (Å²) in [5.41, 5.74) is 6.47. The van der Waals surface area contributed by atoms with Gasteiger partial charge in [-0.05, 0) is 46.0 Å². The van der Waals surface area contributed by atoms with Gasteiger partial charge in [-0.25, -0.2) is 0 Å². The van der Waals surface area contributed by atoms with E-state index in [1.165, 1.54) is 10.5 Å². The van der Waals surface area contributed by atoms with Gasteiger partial charge in [0.25, 0.3) is 11.8 Å². The first-order valence-electron chi connectivity index (χ1n) is 10.9. The van der Waals surface area contributed by atoms with Crippen LogP contribution < -0.4 is 5.32 Å². The van der Waals surface area contributed by atoms with E-state index >= 15 is 0 Å². The Morgan fingerprint density at radius 2 is 1.21 bits per heavy atom. The molecule has 2 amide bonds. The summed E-state index contributed by atoms with van der Waals surface area (Å²) in [4.78, 5) is 30.6. The second kappa shape index (κ2) is 9.18. The monoisotopic (exact) mass is 433 g/mol. The summed E-state index contributed by atoms with van der Waals surface area (Å²) in [6.07, 6.45) is 3.65. The maximum atomic E-state index is 12.6. The molecule has 0 radical (unpaired) electrons. The number of aromatic nitrogens is 1. The van der Waals surface area contributed by atoms with E-state index in [1.807, 2.05) is 36.5 Å². The van der Waals surface area contributed by atoms with Crippen molar-refractivity contribution in [2.75, 3.05) is 0 Å². The molecule has 0 saturated carbocycles. The van der Waals surface area contributed by atoms with Crippen molar-refractivity contribution in [3.63, 3.8) is 0 Å². The van der Waals surface area contributed by atoms with Crippen molar-refractivity contribution in [2.45, 2.75) is 19.6 Å². The van der Waals surface area contributed by atoms with Gasteiger partial charge in [0.1, 0.15) is 0 Å². The predicted molar refractivity (Wildman–Crippen MR) is 127 cm³/mol. The summed E-state index contributed by atoms with van der Waals surface area (Å²) >= 11 is 0. The summed E-state index contributed by atoms with van der Waals surface area (Å²) in [6.45, 7) is 1.84. The molecule has 0 spiro atoms. The van der Waals surface area contributed by atoms with Crippen molar-refractivity contribution in [2.24, 2.45) is 0 Å². The van der Waals surface area contributed by atoms with E-state index in [4.69, 9.17) is 0 Å². The number of imide groups is 1. The van der Waals surface area contributed by atoms with Crippen molar-refractivity contribution in [1.82, 2.24) is 15.2 Å². The van der Waals surface area contributed by atoms with Gasteiger partial charge < -0.3 is 5.32 Å². The van der Waals surface area contributed by atoms with Gasteiger partial charge in [0.15, 0.2) is 0 Å². The first-order valence-corrected chi connectivity index (χ1v) is 10.9. The molecule has 4 aromatic rings. The molecule has 1 N–H and O–H groups in total. The molecule has 5 rings (SSSR count). The maximum Gasteiger partial charge on any atom is 0.261 e. The largest absolute Gasteiger partial charge is 0.309 e. The molecule has 0 atom stereocenters. The summed E-state index contributed by atoms with van der Waals surface area (Å²) in [6, 6.07) is 27.5. The van der Waals surface area contributed by atoms with E-state index in [2.05, 4.69) is 40.6 Å². The van der Waals surface area contributed by atoms with Crippen LogP contribution in [0, 0.1) is 0 Å². The number of rotatable bonds is 7. The molecule has 3 aromatic carbocycles. The van der Waals surface area contributed by atoms with Gasteiger partial charge in [-0.2, -0.15) is 0 Å². The van der Waals surface area contributed by atoms with Gasteiger partial charge >= 0.3 is 0 Å². The zero-order valence-corrected chi connectivity index (χ0v) is 18.1. The Morgan fingerprint density at radius 3 is 1.79 bits per heavy atom. The Hall–Kier alpha value is -4.09. The van der Waals surface area contributed by atoms with Gasteiger partial charge in [-0.15, -0.1) is 0 Å². The minimum absolute atomic E-state index is 0.229. The molecular formula is C28H23N3O2. The zero-order valence-electron chi connectivity index (χ0n) is 18.1. The van der Waals surface area contributed by atoms with Crippen LogP contribution in [0.3, 0.4) is 0 Å². The predicted octanol–water partition coefficient (Wildman–Crippen LogP) is 4.83. The van der Waals surface area contributed by atoms with Crippen LogP contribution in [-0.2, 0) is 19.6 Å². The Bertz CT molecular complexity index is 1250. The molecule has 0 aliphatic carbocycles. The molecule has 1 aliphatic rings. The van der Waals surface area contributed by atoms with Crippen LogP contribution in [0.1, 0.15) is 37.4 Å². The number of fused-ring (bicyclic) bond motifs is 1. The quantitative estimate of drug-likeness (QED) is 0.424. The van der Waals surface area contributed by atoms with Crippen LogP contribution in [0.25, 0.3) is 11.1 Å². The van der Waals surface area contributed by atoms with Crippen molar-refractivity contribution < 1.29 is 9.59 Å². The number of amides is 2. The zero-order chi connectivity index (χ0) is 22.6. The Balaban J connectivity index is 1.20. The molecule has 5 nitrogen and oxygen atoms in total. The molecule has 0 saturated heterocycles. The fourth-order valence-corrected chi connectivity index (χ4v) is 4.04. The fraction of sp³-hybridized carbons (Fsp3) is 0.107. The van der Waals surface area contributed by atoms with Crippen LogP contribution in [0.4, 0.5) is 0 Å². The lowest BCUT2D eigenvalue weighted by Crippen LogP contribution is -2.29. The SMILES string of the molecule is O=C1c2ccccc2C(=O)N1Cc1ccc(-c2ccc(CNCc3cccnc3)cc2)cc1. The molecule has 1 aromatic heterocycles. The first-order chi connectivity index (χ1) is 16.2. The number of nitrogens with zero attached hydrogens (tertiary/aromatic N) is 2. The molecule has 162 valence electrons. The first kappa shape index (κ1) is 20.8. The van der Waals surface area contributed by atoms with Crippen molar-refractivity contribution in [3.05, 3.63) is 125 Å². The second-order valence-electron chi connectivity index (χ2n) is 8.10. The van der Waals surface area contributed by atoms with Gasteiger partial charge in [0.05, 0.1) is 17.7 Å². The lowest BCUT2D eigenvalue weighted by Gasteiger charge is -2.14. The highest BCUT2D eigenvalue weighted by molar-refractivity contribution is 6.21. The minimum Gasteiger partial charge on any atom is -0.309 e. The third-order valence-electron chi connectivity index (χ3n) is 5.84. The van der Waals surface area contributed by atoms with Crippen molar-refractivity contribution >= 4 is 11.8 Å². The number of benzene rings is 3. The second-order valence-corrected chi connectivity index (χ2v) is 8.10. The number of hydrogen-bond donors (Lipinski definition) is 1.